The van der Waals surface area contributed by atoms with Gasteiger partial charge in [0.1, 0.15) is 5.82 Å². The molecule has 1 N–H and O–H groups in total. The number of amides is 2. The lowest BCUT2D eigenvalue weighted by molar-refractivity contribution is -0.139. The second kappa shape index (κ2) is 9.82. The van der Waals surface area contributed by atoms with Crippen molar-refractivity contribution in [3.63, 3.8) is 0 Å². The number of hydrogen-bond acceptors (Lipinski definition) is 6. The van der Waals surface area contributed by atoms with Crippen LogP contribution in [0.5, 0.6) is 0 Å². The lowest BCUT2D eigenvalue weighted by atomic mass is 9.82. The van der Waals surface area contributed by atoms with Crippen LogP contribution in [0.3, 0.4) is 0 Å². The summed E-state index contributed by atoms with van der Waals surface area (Å²) in [5, 5.41) is 3.00. The van der Waals surface area contributed by atoms with Gasteiger partial charge in [-0.05, 0) is 25.7 Å². The zero-order valence-electron chi connectivity index (χ0n) is 16.8. The summed E-state index contributed by atoms with van der Waals surface area (Å²) in [6, 6.07) is 0.00148. The predicted molar refractivity (Wildman–Crippen MR) is 106 cm³/mol. The third-order valence-corrected chi connectivity index (χ3v) is 5.53. The Bertz CT molecular complexity index is 649. The Morgan fingerprint density at radius 3 is 2.64 bits per heavy atom. The molecule has 3 atom stereocenters. The summed E-state index contributed by atoms with van der Waals surface area (Å²) >= 11 is 0. The zero-order valence-corrected chi connectivity index (χ0v) is 16.8. The largest absolute Gasteiger partial charge is 0.376 e. The van der Waals surface area contributed by atoms with E-state index >= 15 is 0 Å². The van der Waals surface area contributed by atoms with E-state index in [2.05, 4.69) is 27.1 Å². The quantitative estimate of drug-likeness (QED) is 0.787. The van der Waals surface area contributed by atoms with E-state index in [4.69, 9.17) is 4.74 Å². The minimum absolute atomic E-state index is 0.00148. The summed E-state index contributed by atoms with van der Waals surface area (Å²) in [5.41, 5.74) is 0. The van der Waals surface area contributed by atoms with Crippen LogP contribution in [0.2, 0.25) is 0 Å². The molecule has 0 spiro atoms. The van der Waals surface area contributed by atoms with Gasteiger partial charge in [0, 0.05) is 58.0 Å². The molecule has 1 aliphatic heterocycles. The third-order valence-electron chi connectivity index (χ3n) is 5.53. The van der Waals surface area contributed by atoms with E-state index in [-0.39, 0.29) is 29.9 Å². The average Bonchev–Trinajstić information content (AvgIpc) is 2.73. The first-order valence-electron chi connectivity index (χ1n) is 10.3. The summed E-state index contributed by atoms with van der Waals surface area (Å²) in [6.07, 6.45) is 8.20. The van der Waals surface area contributed by atoms with Crippen LogP contribution >= 0.6 is 0 Å². The van der Waals surface area contributed by atoms with Crippen LogP contribution in [0.1, 0.15) is 39.5 Å². The Kier molecular flexibility index (Phi) is 7.19. The first kappa shape index (κ1) is 20.5. The first-order chi connectivity index (χ1) is 13.6. The summed E-state index contributed by atoms with van der Waals surface area (Å²) < 4.78 is 5.98. The van der Waals surface area contributed by atoms with E-state index in [1.807, 2.05) is 4.90 Å². The van der Waals surface area contributed by atoms with Gasteiger partial charge in [-0.1, -0.05) is 6.92 Å². The van der Waals surface area contributed by atoms with Gasteiger partial charge in [0.25, 0.3) is 0 Å². The molecular weight excluding hydrogens is 358 g/mol. The smallest absolute Gasteiger partial charge is 0.225 e. The summed E-state index contributed by atoms with van der Waals surface area (Å²) in [4.78, 5) is 37.2. The SMILES string of the molecule is CCCO[C@H]1C[C@@H](C(=O)N2CCN(c3cnccn3)CC2)CC[C@@H]1NC(C)=O. The minimum Gasteiger partial charge on any atom is -0.376 e. The van der Waals surface area contributed by atoms with E-state index in [0.717, 1.165) is 38.2 Å². The average molecular weight is 390 g/mol. The molecule has 0 unspecified atom stereocenters. The maximum absolute atomic E-state index is 13.1. The maximum atomic E-state index is 13.1. The van der Waals surface area contributed by atoms with Crippen molar-refractivity contribution in [3.8, 4) is 0 Å². The maximum Gasteiger partial charge on any atom is 0.225 e. The molecule has 2 heterocycles. The monoisotopic (exact) mass is 389 g/mol. The van der Waals surface area contributed by atoms with Crippen LogP contribution in [0.15, 0.2) is 18.6 Å². The summed E-state index contributed by atoms with van der Waals surface area (Å²) in [6.45, 7) is 7.17. The van der Waals surface area contributed by atoms with Gasteiger partial charge in [0.15, 0.2) is 0 Å². The van der Waals surface area contributed by atoms with Crippen LogP contribution in [0, 0.1) is 5.92 Å². The molecule has 0 radical (unpaired) electrons. The van der Waals surface area contributed by atoms with Gasteiger partial charge in [-0.25, -0.2) is 4.98 Å². The van der Waals surface area contributed by atoms with Gasteiger partial charge in [0.05, 0.1) is 18.3 Å². The van der Waals surface area contributed by atoms with Gasteiger partial charge in [-0.15, -0.1) is 0 Å². The highest BCUT2D eigenvalue weighted by Gasteiger charge is 2.37. The fourth-order valence-corrected chi connectivity index (χ4v) is 4.10. The van der Waals surface area contributed by atoms with Gasteiger partial charge in [0.2, 0.25) is 11.8 Å². The summed E-state index contributed by atoms with van der Waals surface area (Å²) in [7, 11) is 0. The molecule has 0 aromatic carbocycles. The van der Waals surface area contributed by atoms with Crippen LogP contribution in [0.25, 0.3) is 0 Å². The standard InChI is InChI=1S/C20H31N5O3/c1-3-12-28-18-13-16(4-5-17(18)23-15(2)26)20(27)25-10-8-24(9-11-25)19-14-21-6-7-22-19/h6-7,14,16-18H,3-5,8-13H2,1-2H3,(H,23,26)/t16-,17-,18-/m0/s1. The van der Waals surface area contributed by atoms with Gasteiger partial charge in [-0.3, -0.25) is 14.6 Å². The number of anilines is 1. The van der Waals surface area contributed by atoms with Crippen molar-refractivity contribution in [2.24, 2.45) is 5.92 Å². The molecule has 1 saturated carbocycles. The Hall–Kier alpha value is -2.22. The number of aromatic nitrogens is 2. The van der Waals surface area contributed by atoms with Crippen LogP contribution in [-0.4, -0.2) is 71.6 Å². The molecule has 2 amide bonds. The third kappa shape index (κ3) is 5.19. The van der Waals surface area contributed by atoms with E-state index in [9.17, 15) is 9.59 Å². The van der Waals surface area contributed by atoms with E-state index in [0.29, 0.717) is 26.1 Å². The molecule has 1 saturated heterocycles. The Morgan fingerprint density at radius 1 is 1.21 bits per heavy atom. The van der Waals surface area contributed by atoms with E-state index in [1.165, 1.54) is 6.92 Å². The number of carbonyl (C=O) groups is 2. The molecule has 8 heteroatoms. The van der Waals surface area contributed by atoms with Crippen molar-refractivity contribution in [1.82, 2.24) is 20.2 Å². The van der Waals surface area contributed by atoms with Crippen LogP contribution in [-0.2, 0) is 14.3 Å². The number of ether oxygens (including phenoxy) is 1. The number of rotatable bonds is 6. The topological polar surface area (TPSA) is 87.7 Å². The van der Waals surface area contributed by atoms with Gasteiger partial charge >= 0.3 is 0 Å². The Labute approximate surface area is 166 Å². The second-order valence-corrected chi connectivity index (χ2v) is 7.60. The number of nitrogens with zero attached hydrogens (tertiary/aromatic N) is 4. The highest BCUT2D eigenvalue weighted by atomic mass is 16.5. The lowest BCUT2D eigenvalue weighted by Gasteiger charge is -2.40. The molecule has 28 heavy (non-hydrogen) atoms. The van der Waals surface area contributed by atoms with Crippen molar-refractivity contribution in [1.29, 1.82) is 0 Å². The molecular formula is C20H31N5O3. The molecule has 2 fully saturated rings. The molecule has 2 aliphatic rings. The molecule has 8 nitrogen and oxygen atoms in total. The molecule has 1 aromatic rings. The van der Waals surface area contributed by atoms with Crippen LogP contribution < -0.4 is 10.2 Å². The molecule has 154 valence electrons. The fraction of sp³-hybridized carbons (Fsp3) is 0.700. The van der Waals surface area contributed by atoms with Gasteiger partial charge in [-0.2, -0.15) is 0 Å². The lowest BCUT2D eigenvalue weighted by Crippen LogP contribution is -2.53. The molecule has 3 rings (SSSR count). The highest BCUT2D eigenvalue weighted by Crippen LogP contribution is 2.29. The van der Waals surface area contributed by atoms with E-state index < -0.39 is 0 Å². The van der Waals surface area contributed by atoms with Crippen molar-refractivity contribution in [2.75, 3.05) is 37.7 Å². The Morgan fingerprint density at radius 2 is 2.00 bits per heavy atom. The number of nitrogens with one attached hydrogen (secondary N) is 1. The van der Waals surface area contributed by atoms with E-state index in [1.54, 1.807) is 18.6 Å². The Balaban J connectivity index is 1.54. The molecule has 1 aromatic heterocycles. The number of carbonyl (C=O) groups excluding carboxylic acids is 2. The van der Waals surface area contributed by atoms with Crippen molar-refractivity contribution >= 4 is 17.6 Å². The molecule has 1 aliphatic carbocycles. The normalized spacial score (nSPS) is 25.4. The highest BCUT2D eigenvalue weighted by molar-refractivity contribution is 5.79. The van der Waals surface area contributed by atoms with Gasteiger partial charge < -0.3 is 19.9 Å². The summed E-state index contributed by atoms with van der Waals surface area (Å²) in [5.74, 6) is 0.999. The van der Waals surface area contributed by atoms with Crippen LogP contribution in [0.4, 0.5) is 5.82 Å². The second-order valence-electron chi connectivity index (χ2n) is 7.60. The number of piperazine rings is 1. The number of hydrogen-bond donors (Lipinski definition) is 1. The molecule has 0 bridgehead atoms. The fourth-order valence-electron chi connectivity index (χ4n) is 4.10. The minimum atomic E-state index is -0.0903. The zero-order chi connectivity index (χ0) is 19.9. The first-order valence-corrected chi connectivity index (χ1v) is 10.3. The predicted octanol–water partition coefficient (Wildman–Crippen LogP) is 1.23. The van der Waals surface area contributed by atoms with Crippen molar-refractivity contribution in [2.45, 2.75) is 51.7 Å². The van der Waals surface area contributed by atoms with Crippen molar-refractivity contribution in [3.05, 3.63) is 18.6 Å². The van der Waals surface area contributed by atoms with Crippen molar-refractivity contribution < 1.29 is 14.3 Å².